The van der Waals surface area contributed by atoms with E-state index in [1.807, 2.05) is 12.1 Å². The van der Waals surface area contributed by atoms with Gasteiger partial charge in [0.25, 0.3) is 0 Å². The quantitative estimate of drug-likeness (QED) is 0.807. The average molecular weight is 197 g/mol. The zero-order chi connectivity index (χ0) is 9.26. The summed E-state index contributed by atoms with van der Waals surface area (Å²) in [6.45, 7) is 0. The van der Waals surface area contributed by atoms with Crippen LogP contribution in [0.25, 0.3) is 0 Å². The normalized spacial score (nSPS) is 18.6. The Morgan fingerprint density at radius 1 is 1.62 bits per heavy atom. The molecule has 1 aromatic rings. The molecule has 0 aliphatic heterocycles. The van der Waals surface area contributed by atoms with E-state index in [-0.39, 0.29) is 6.04 Å². The zero-order valence-electron chi connectivity index (χ0n) is 7.41. The van der Waals surface area contributed by atoms with Crippen LogP contribution in [0.3, 0.4) is 0 Å². The first-order chi connectivity index (χ1) is 6.27. The summed E-state index contributed by atoms with van der Waals surface area (Å²) in [6, 6.07) is 3.69. The highest BCUT2D eigenvalue weighted by atomic mass is 35.5. The summed E-state index contributed by atoms with van der Waals surface area (Å²) in [6.07, 6.45) is 5.40. The predicted octanol–water partition coefficient (Wildman–Crippen LogP) is 2.53. The topological polar surface area (TPSA) is 38.9 Å². The molecule has 1 heterocycles. The first-order valence-corrected chi connectivity index (χ1v) is 5.01. The van der Waals surface area contributed by atoms with Crippen LogP contribution in [0.15, 0.2) is 18.3 Å². The molecule has 1 atom stereocenters. The molecule has 13 heavy (non-hydrogen) atoms. The minimum atomic E-state index is 0.0150. The van der Waals surface area contributed by atoms with E-state index in [0.717, 1.165) is 18.0 Å². The second-order valence-corrected chi connectivity index (χ2v) is 4.06. The van der Waals surface area contributed by atoms with Crippen molar-refractivity contribution in [2.45, 2.75) is 25.3 Å². The predicted molar refractivity (Wildman–Crippen MR) is 53.5 cm³/mol. The molecule has 3 heteroatoms. The van der Waals surface area contributed by atoms with Crippen molar-refractivity contribution in [2.75, 3.05) is 0 Å². The molecule has 0 radical (unpaired) electrons. The minimum absolute atomic E-state index is 0.0150. The van der Waals surface area contributed by atoms with Crippen LogP contribution in [0.1, 0.15) is 31.0 Å². The van der Waals surface area contributed by atoms with Gasteiger partial charge in [0, 0.05) is 12.2 Å². The lowest BCUT2D eigenvalue weighted by Crippen LogP contribution is -2.13. The Labute approximate surface area is 83.1 Å². The number of nitrogens with two attached hydrogens (primary N) is 1. The summed E-state index contributed by atoms with van der Waals surface area (Å²) >= 11 is 5.98. The van der Waals surface area contributed by atoms with Gasteiger partial charge in [-0.3, -0.25) is 4.98 Å². The molecular weight excluding hydrogens is 184 g/mol. The molecular formula is C10H13ClN2. The van der Waals surface area contributed by atoms with Crippen LogP contribution in [0.5, 0.6) is 0 Å². The van der Waals surface area contributed by atoms with E-state index < -0.39 is 0 Å². The highest BCUT2D eigenvalue weighted by Crippen LogP contribution is 2.37. The summed E-state index contributed by atoms with van der Waals surface area (Å²) in [5.74, 6) is 0.813. The van der Waals surface area contributed by atoms with E-state index in [9.17, 15) is 0 Å². The molecule has 1 fully saturated rings. The molecule has 1 aliphatic rings. The first kappa shape index (κ1) is 8.97. The lowest BCUT2D eigenvalue weighted by molar-refractivity contribution is 0.584. The van der Waals surface area contributed by atoms with Crippen molar-refractivity contribution < 1.29 is 0 Å². The summed E-state index contributed by atoms with van der Waals surface area (Å²) in [5, 5.41) is 0.690. The van der Waals surface area contributed by atoms with E-state index in [4.69, 9.17) is 17.3 Å². The largest absolute Gasteiger partial charge is 0.323 e. The molecule has 1 aromatic heterocycles. The molecule has 0 unspecified atom stereocenters. The second-order valence-electron chi connectivity index (χ2n) is 3.66. The summed E-state index contributed by atoms with van der Waals surface area (Å²) in [7, 11) is 0. The lowest BCUT2D eigenvalue weighted by atomic mass is 10.1. The molecule has 0 amide bonds. The van der Waals surface area contributed by atoms with E-state index in [1.54, 1.807) is 6.20 Å². The van der Waals surface area contributed by atoms with Gasteiger partial charge < -0.3 is 5.73 Å². The first-order valence-electron chi connectivity index (χ1n) is 4.63. The molecule has 2 rings (SSSR count). The number of halogens is 1. The van der Waals surface area contributed by atoms with Crippen molar-refractivity contribution >= 4 is 11.6 Å². The fourth-order valence-electron chi connectivity index (χ4n) is 1.50. The van der Waals surface area contributed by atoms with Gasteiger partial charge in [0.2, 0.25) is 0 Å². The monoisotopic (exact) mass is 196 g/mol. The van der Waals surface area contributed by atoms with Crippen molar-refractivity contribution in [3.63, 3.8) is 0 Å². The third kappa shape index (κ3) is 2.20. The van der Waals surface area contributed by atoms with Crippen molar-refractivity contribution in [3.05, 3.63) is 29.0 Å². The number of hydrogen-bond acceptors (Lipinski definition) is 2. The van der Waals surface area contributed by atoms with Gasteiger partial charge in [-0.15, -0.1) is 0 Å². The third-order valence-electron chi connectivity index (χ3n) is 2.42. The fraction of sp³-hybridized carbons (Fsp3) is 0.500. The molecule has 2 nitrogen and oxygen atoms in total. The Kier molecular flexibility index (Phi) is 2.51. The molecule has 0 spiro atoms. The van der Waals surface area contributed by atoms with Crippen molar-refractivity contribution in [2.24, 2.45) is 11.7 Å². The van der Waals surface area contributed by atoms with Crippen LogP contribution in [0, 0.1) is 5.92 Å². The SMILES string of the molecule is N[C@@H](CC1CC1)c1ncccc1Cl. The maximum atomic E-state index is 5.99. The fourth-order valence-corrected chi connectivity index (χ4v) is 1.76. The second kappa shape index (κ2) is 3.64. The lowest BCUT2D eigenvalue weighted by Gasteiger charge is -2.11. The van der Waals surface area contributed by atoms with Gasteiger partial charge in [-0.05, 0) is 24.5 Å². The van der Waals surface area contributed by atoms with Gasteiger partial charge in [-0.2, -0.15) is 0 Å². The van der Waals surface area contributed by atoms with E-state index in [1.165, 1.54) is 12.8 Å². The minimum Gasteiger partial charge on any atom is -0.323 e. The number of hydrogen-bond donors (Lipinski definition) is 1. The number of aromatic nitrogens is 1. The van der Waals surface area contributed by atoms with Gasteiger partial charge in [-0.1, -0.05) is 24.4 Å². The zero-order valence-corrected chi connectivity index (χ0v) is 8.17. The van der Waals surface area contributed by atoms with Crippen LogP contribution in [-0.4, -0.2) is 4.98 Å². The molecule has 70 valence electrons. The molecule has 2 N–H and O–H groups in total. The Balaban J connectivity index is 2.09. The maximum absolute atomic E-state index is 5.99. The highest BCUT2D eigenvalue weighted by Gasteiger charge is 2.25. The van der Waals surface area contributed by atoms with Crippen LogP contribution >= 0.6 is 11.6 Å². The number of nitrogens with zero attached hydrogens (tertiary/aromatic N) is 1. The van der Waals surface area contributed by atoms with E-state index in [0.29, 0.717) is 5.02 Å². The van der Waals surface area contributed by atoms with Crippen LogP contribution in [-0.2, 0) is 0 Å². The van der Waals surface area contributed by atoms with E-state index >= 15 is 0 Å². The summed E-state index contributed by atoms with van der Waals surface area (Å²) in [5.41, 5.74) is 6.83. The van der Waals surface area contributed by atoms with Crippen LogP contribution in [0.4, 0.5) is 0 Å². The third-order valence-corrected chi connectivity index (χ3v) is 2.74. The highest BCUT2D eigenvalue weighted by molar-refractivity contribution is 6.31. The average Bonchev–Trinajstić information content (AvgIpc) is 2.89. The Hall–Kier alpha value is -0.600. The van der Waals surface area contributed by atoms with Crippen LogP contribution < -0.4 is 5.73 Å². The smallest absolute Gasteiger partial charge is 0.0756 e. The van der Waals surface area contributed by atoms with Crippen LogP contribution in [0.2, 0.25) is 5.02 Å². The molecule has 1 saturated carbocycles. The Morgan fingerprint density at radius 2 is 2.38 bits per heavy atom. The maximum Gasteiger partial charge on any atom is 0.0756 e. The summed E-state index contributed by atoms with van der Waals surface area (Å²) in [4.78, 5) is 4.20. The van der Waals surface area contributed by atoms with Gasteiger partial charge in [0.1, 0.15) is 0 Å². The van der Waals surface area contributed by atoms with Gasteiger partial charge in [-0.25, -0.2) is 0 Å². The van der Waals surface area contributed by atoms with Gasteiger partial charge in [0.15, 0.2) is 0 Å². The van der Waals surface area contributed by atoms with Gasteiger partial charge in [0.05, 0.1) is 10.7 Å². The van der Waals surface area contributed by atoms with Crippen molar-refractivity contribution in [1.29, 1.82) is 0 Å². The van der Waals surface area contributed by atoms with Crippen molar-refractivity contribution in [1.82, 2.24) is 4.98 Å². The Bertz CT molecular complexity index is 297. The Morgan fingerprint density at radius 3 is 3.00 bits per heavy atom. The van der Waals surface area contributed by atoms with E-state index in [2.05, 4.69) is 4.98 Å². The number of rotatable bonds is 3. The summed E-state index contributed by atoms with van der Waals surface area (Å²) < 4.78 is 0. The molecule has 0 bridgehead atoms. The molecule has 0 aromatic carbocycles. The molecule has 1 aliphatic carbocycles. The van der Waals surface area contributed by atoms with Crippen molar-refractivity contribution in [3.8, 4) is 0 Å². The molecule has 0 saturated heterocycles. The standard InChI is InChI=1S/C10H13ClN2/c11-8-2-1-5-13-10(8)9(12)6-7-3-4-7/h1-2,5,7,9H,3-4,6,12H2/t9-/m0/s1. The number of pyridine rings is 1. The van der Waals surface area contributed by atoms with Gasteiger partial charge >= 0.3 is 0 Å².